The van der Waals surface area contributed by atoms with Crippen molar-refractivity contribution in [2.45, 2.75) is 6.42 Å². The summed E-state index contributed by atoms with van der Waals surface area (Å²) in [6.45, 7) is 5.25. The van der Waals surface area contributed by atoms with Gasteiger partial charge in [0, 0.05) is 37.2 Å². The molecule has 2 aromatic carbocycles. The van der Waals surface area contributed by atoms with Crippen LogP contribution in [0.3, 0.4) is 0 Å². The van der Waals surface area contributed by atoms with Gasteiger partial charge in [0.2, 0.25) is 5.88 Å². The standard InChI is InChI=1S/C23H26N2O4/c1-26-21-16-18-8-9-23(29-19-6-3-2-4-7-19)24-20(18)17-22(21)28-13-5-10-25-11-14-27-15-12-25/h2-4,6-9,16-17H,5,10-15H2,1H3. The topological polar surface area (TPSA) is 53.0 Å². The van der Waals surface area contributed by atoms with Crippen molar-refractivity contribution in [2.24, 2.45) is 0 Å². The van der Waals surface area contributed by atoms with Crippen LogP contribution < -0.4 is 14.2 Å². The molecule has 0 N–H and O–H groups in total. The van der Waals surface area contributed by atoms with Crippen molar-refractivity contribution in [3.8, 4) is 23.1 Å². The zero-order valence-electron chi connectivity index (χ0n) is 16.7. The Hall–Kier alpha value is -2.83. The van der Waals surface area contributed by atoms with Gasteiger partial charge in [0.1, 0.15) is 5.75 Å². The van der Waals surface area contributed by atoms with E-state index < -0.39 is 0 Å². The molecule has 3 aromatic rings. The van der Waals surface area contributed by atoms with Crippen molar-refractivity contribution in [1.29, 1.82) is 0 Å². The number of aromatic nitrogens is 1. The molecule has 1 aromatic heterocycles. The average molecular weight is 394 g/mol. The highest BCUT2D eigenvalue weighted by Gasteiger charge is 2.12. The number of methoxy groups -OCH3 is 1. The monoisotopic (exact) mass is 394 g/mol. The average Bonchev–Trinajstić information content (AvgIpc) is 2.77. The maximum Gasteiger partial charge on any atom is 0.219 e. The molecule has 0 amide bonds. The van der Waals surface area contributed by atoms with E-state index in [0.29, 0.717) is 24.0 Å². The Morgan fingerprint density at radius 2 is 1.83 bits per heavy atom. The van der Waals surface area contributed by atoms with Gasteiger partial charge in [-0.15, -0.1) is 0 Å². The second kappa shape index (κ2) is 9.58. The molecule has 1 saturated heterocycles. The Labute approximate surface area is 171 Å². The largest absolute Gasteiger partial charge is 0.493 e. The van der Waals surface area contributed by atoms with Gasteiger partial charge in [0.15, 0.2) is 11.5 Å². The summed E-state index contributed by atoms with van der Waals surface area (Å²) in [6, 6.07) is 17.3. The number of benzene rings is 2. The van der Waals surface area contributed by atoms with Gasteiger partial charge in [0.25, 0.3) is 0 Å². The van der Waals surface area contributed by atoms with Gasteiger partial charge in [-0.1, -0.05) is 18.2 Å². The minimum absolute atomic E-state index is 0.548. The van der Waals surface area contributed by atoms with Crippen LogP contribution in [0.4, 0.5) is 0 Å². The van der Waals surface area contributed by atoms with Gasteiger partial charge < -0.3 is 18.9 Å². The summed E-state index contributed by atoms with van der Waals surface area (Å²) in [5, 5.41) is 0.975. The first-order chi connectivity index (χ1) is 14.3. The lowest BCUT2D eigenvalue weighted by atomic mass is 10.2. The Morgan fingerprint density at radius 1 is 1.00 bits per heavy atom. The lowest BCUT2D eigenvalue weighted by molar-refractivity contribution is 0.0357. The molecule has 2 heterocycles. The smallest absolute Gasteiger partial charge is 0.219 e. The number of para-hydroxylation sites is 1. The zero-order valence-corrected chi connectivity index (χ0v) is 16.7. The summed E-state index contributed by atoms with van der Waals surface area (Å²) >= 11 is 0. The third kappa shape index (κ3) is 5.16. The van der Waals surface area contributed by atoms with E-state index in [1.165, 1.54) is 0 Å². The summed E-state index contributed by atoms with van der Waals surface area (Å²) < 4.78 is 22.8. The molecule has 0 aliphatic carbocycles. The third-order valence-electron chi connectivity index (χ3n) is 4.89. The summed E-state index contributed by atoms with van der Waals surface area (Å²) in [7, 11) is 1.65. The van der Waals surface area contributed by atoms with Crippen LogP contribution in [0.15, 0.2) is 54.6 Å². The van der Waals surface area contributed by atoms with E-state index in [2.05, 4.69) is 9.88 Å². The molecule has 6 nitrogen and oxygen atoms in total. The van der Waals surface area contributed by atoms with Crippen LogP contribution in [0.25, 0.3) is 10.9 Å². The van der Waals surface area contributed by atoms with Gasteiger partial charge in [-0.3, -0.25) is 4.90 Å². The van der Waals surface area contributed by atoms with E-state index in [0.717, 1.165) is 55.9 Å². The number of morpholine rings is 1. The van der Waals surface area contributed by atoms with Gasteiger partial charge in [-0.2, -0.15) is 0 Å². The zero-order chi connectivity index (χ0) is 19.9. The molecule has 0 saturated carbocycles. The normalized spacial score (nSPS) is 14.7. The van der Waals surface area contributed by atoms with Crippen molar-refractivity contribution in [3.05, 3.63) is 54.6 Å². The van der Waals surface area contributed by atoms with E-state index in [4.69, 9.17) is 18.9 Å². The maximum atomic E-state index is 6.02. The van der Waals surface area contributed by atoms with Crippen LogP contribution in [0.1, 0.15) is 6.42 Å². The Balaban J connectivity index is 1.44. The second-order valence-corrected chi connectivity index (χ2v) is 6.92. The van der Waals surface area contributed by atoms with Crippen LogP contribution >= 0.6 is 0 Å². The van der Waals surface area contributed by atoms with Crippen molar-refractivity contribution >= 4 is 10.9 Å². The first-order valence-corrected chi connectivity index (χ1v) is 9.96. The number of ether oxygens (including phenoxy) is 4. The highest BCUT2D eigenvalue weighted by Crippen LogP contribution is 2.33. The lowest BCUT2D eigenvalue weighted by Gasteiger charge is -2.26. The van der Waals surface area contributed by atoms with Crippen LogP contribution in [-0.2, 0) is 4.74 Å². The summed E-state index contributed by atoms with van der Waals surface area (Å²) in [4.78, 5) is 7.03. The number of nitrogens with zero attached hydrogens (tertiary/aromatic N) is 2. The van der Waals surface area contributed by atoms with Crippen molar-refractivity contribution in [3.63, 3.8) is 0 Å². The Bertz CT molecular complexity index is 927. The molecule has 152 valence electrons. The fourth-order valence-electron chi connectivity index (χ4n) is 3.35. The van der Waals surface area contributed by atoms with Gasteiger partial charge >= 0.3 is 0 Å². The van der Waals surface area contributed by atoms with E-state index in [1.54, 1.807) is 7.11 Å². The SMILES string of the molecule is COc1cc2ccc(Oc3ccccc3)nc2cc1OCCCN1CCOCC1. The van der Waals surface area contributed by atoms with Crippen molar-refractivity contribution in [1.82, 2.24) is 9.88 Å². The van der Waals surface area contributed by atoms with Crippen LogP contribution in [0.5, 0.6) is 23.1 Å². The molecule has 0 spiro atoms. The molecule has 0 radical (unpaired) electrons. The maximum absolute atomic E-state index is 6.02. The number of fused-ring (bicyclic) bond motifs is 1. The van der Waals surface area contributed by atoms with E-state index in [-0.39, 0.29) is 0 Å². The molecular weight excluding hydrogens is 368 g/mol. The van der Waals surface area contributed by atoms with Crippen LogP contribution in [-0.4, -0.2) is 56.4 Å². The van der Waals surface area contributed by atoms with Crippen LogP contribution in [0, 0.1) is 0 Å². The molecule has 29 heavy (non-hydrogen) atoms. The number of rotatable bonds is 8. The molecular formula is C23H26N2O4. The molecule has 0 bridgehead atoms. The molecule has 6 heteroatoms. The fraction of sp³-hybridized carbons (Fsp3) is 0.348. The molecule has 0 unspecified atom stereocenters. The van der Waals surface area contributed by atoms with Gasteiger partial charge in [-0.25, -0.2) is 4.98 Å². The first kappa shape index (κ1) is 19.5. The van der Waals surface area contributed by atoms with Crippen LogP contribution in [0.2, 0.25) is 0 Å². The van der Waals surface area contributed by atoms with E-state index in [9.17, 15) is 0 Å². The molecule has 1 aliphatic rings. The minimum Gasteiger partial charge on any atom is -0.493 e. The minimum atomic E-state index is 0.548. The van der Waals surface area contributed by atoms with Gasteiger partial charge in [0.05, 0.1) is 32.4 Å². The van der Waals surface area contributed by atoms with Crippen molar-refractivity contribution < 1.29 is 18.9 Å². The predicted octanol–water partition coefficient (Wildman–Crippen LogP) is 4.14. The van der Waals surface area contributed by atoms with E-state index in [1.807, 2.05) is 54.6 Å². The molecule has 1 fully saturated rings. The quantitative estimate of drug-likeness (QED) is 0.536. The summed E-state index contributed by atoms with van der Waals surface area (Å²) in [5.74, 6) is 2.72. The number of hydrogen-bond acceptors (Lipinski definition) is 6. The first-order valence-electron chi connectivity index (χ1n) is 9.96. The lowest BCUT2D eigenvalue weighted by Crippen LogP contribution is -2.37. The third-order valence-corrected chi connectivity index (χ3v) is 4.89. The van der Waals surface area contributed by atoms with Crippen molar-refractivity contribution in [2.75, 3.05) is 46.6 Å². The Kier molecular flexibility index (Phi) is 6.44. The predicted molar refractivity (Wildman–Crippen MR) is 112 cm³/mol. The van der Waals surface area contributed by atoms with Gasteiger partial charge in [-0.05, 0) is 30.7 Å². The molecule has 4 rings (SSSR count). The fourth-order valence-corrected chi connectivity index (χ4v) is 3.35. The highest BCUT2D eigenvalue weighted by molar-refractivity contribution is 5.83. The number of hydrogen-bond donors (Lipinski definition) is 0. The summed E-state index contributed by atoms with van der Waals surface area (Å²) in [6.07, 6.45) is 0.950. The number of pyridine rings is 1. The molecule has 1 aliphatic heterocycles. The van der Waals surface area contributed by atoms with E-state index >= 15 is 0 Å². The highest BCUT2D eigenvalue weighted by atomic mass is 16.5. The molecule has 0 atom stereocenters. The Morgan fingerprint density at radius 3 is 2.62 bits per heavy atom. The summed E-state index contributed by atoms with van der Waals surface area (Å²) in [5.41, 5.74) is 0.808. The second-order valence-electron chi connectivity index (χ2n) is 6.92.